The minimum absolute atomic E-state index is 0.0867. The molecule has 23 heavy (non-hydrogen) atoms. The first-order chi connectivity index (χ1) is 11.1. The van der Waals surface area contributed by atoms with Crippen LogP contribution in [-0.4, -0.2) is 22.1 Å². The fourth-order valence-corrected chi connectivity index (χ4v) is 2.81. The Bertz CT molecular complexity index is 809. The highest BCUT2D eigenvalue weighted by molar-refractivity contribution is 5.89. The van der Waals surface area contributed by atoms with Gasteiger partial charge in [0.05, 0.1) is 12.5 Å². The van der Waals surface area contributed by atoms with E-state index in [1.807, 2.05) is 72.4 Å². The van der Waals surface area contributed by atoms with Crippen molar-refractivity contribution in [2.24, 2.45) is 7.05 Å². The summed E-state index contributed by atoms with van der Waals surface area (Å²) in [7, 11) is 1.98. The van der Waals surface area contributed by atoms with Gasteiger partial charge in [-0.2, -0.15) is 0 Å². The lowest BCUT2D eigenvalue weighted by Crippen LogP contribution is -2.29. The standard InChI is InChI=1S/C19H20N2O2/c1-21-13-15(16-9-5-6-10-17(16)21)11-19(23)20-12-18(22)14-7-3-2-4-8-14/h2-10,13,18,22H,11-12H2,1H3,(H,20,23). The van der Waals surface area contributed by atoms with E-state index in [1.165, 1.54) is 0 Å². The third kappa shape index (κ3) is 3.43. The van der Waals surface area contributed by atoms with Crippen LogP contribution in [0.15, 0.2) is 60.8 Å². The predicted molar refractivity (Wildman–Crippen MR) is 91.0 cm³/mol. The normalized spacial score (nSPS) is 12.3. The van der Waals surface area contributed by atoms with Crippen LogP contribution in [0.4, 0.5) is 0 Å². The van der Waals surface area contributed by atoms with Crippen molar-refractivity contribution in [2.75, 3.05) is 6.54 Å². The van der Waals surface area contributed by atoms with Crippen LogP contribution in [0, 0.1) is 0 Å². The second kappa shape index (κ2) is 6.67. The average molecular weight is 308 g/mol. The van der Waals surface area contributed by atoms with Crippen LogP contribution >= 0.6 is 0 Å². The molecule has 3 rings (SSSR count). The number of aromatic nitrogens is 1. The number of hydrogen-bond acceptors (Lipinski definition) is 2. The molecule has 1 heterocycles. The van der Waals surface area contributed by atoms with Crippen molar-refractivity contribution in [1.29, 1.82) is 0 Å². The fraction of sp³-hybridized carbons (Fsp3) is 0.211. The molecule has 1 amide bonds. The number of fused-ring (bicyclic) bond motifs is 1. The molecule has 0 aliphatic carbocycles. The van der Waals surface area contributed by atoms with Gasteiger partial charge in [-0.05, 0) is 17.2 Å². The van der Waals surface area contributed by atoms with Crippen LogP contribution in [0.1, 0.15) is 17.2 Å². The summed E-state index contributed by atoms with van der Waals surface area (Å²) in [6.07, 6.45) is 1.61. The SMILES string of the molecule is Cn1cc(CC(=O)NCC(O)c2ccccc2)c2ccccc21. The number of amides is 1. The van der Waals surface area contributed by atoms with Gasteiger partial charge < -0.3 is 15.0 Å². The summed E-state index contributed by atoms with van der Waals surface area (Å²) in [5.74, 6) is -0.0867. The van der Waals surface area contributed by atoms with E-state index in [-0.39, 0.29) is 12.5 Å². The third-order valence-corrected chi connectivity index (χ3v) is 4.01. The molecule has 1 atom stereocenters. The largest absolute Gasteiger partial charge is 0.387 e. The van der Waals surface area contributed by atoms with E-state index in [0.717, 1.165) is 22.0 Å². The number of para-hydroxylation sites is 1. The summed E-state index contributed by atoms with van der Waals surface area (Å²) in [6.45, 7) is 0.216. The molecule has 0 spiro atoms. The summed E-state index contributed by atoms with van der Waals surface area (Å²) >= 11 is 0. The molecular weight excluding hydrogens is 288 g/mol. The zero-order chi connectivity index (χ0) is 16.2. The van der Waals surface area contributed by atoms with Gasteiger partial charge in [0.1, 0.15) is 0 Å². The van der Waals surface area contributed by atoms with Crippen LogP contribution in [0.2, 0.25) is 0 Å². The van der Waals surface area contributed by atoms with Crippen LogP contribution in [0.25, 0.3) is 10.9 Å². The van der Waals surface area contributed by atoms with Crippen molar-refractivity contribution in [2.45, 2.75) is 12.5 Å². The minimum Gasteiger partial charge on any atom is -0.387 e. The highest BCUT2D eigenvalue weighted by Crippen LogP contribution is 2.20. The Morgan fingerprint density at radius 1 is 1.13 bits per heavy atom. The maximum atomic E-state index is 12.2. The molecule has 0 fully saturated rings. The number of carbonyl (C=O) groups is 1. The summed E-state index contributed by atoms with van der Waals surface area (Å²) in [5.41, 5.74) is 2.91. The van der Waals surface area contributed by atoms with Gasteiger partial charge in [0.25, 0.3) is 0 Å². The van der Waals surface area contributed by atoms with E-state index in [4.69, 9.17) is 0 Å². The molecule has 0 radical (unpaired) electrons. The number of aliphatic hydroxyl groups excluding tert-OH is 1. The number of nitrogens with one attached hydrogen (secondary N) is 1. The van der Waals surface area contributed by atoms with E-state index >= 15 is 0 Å². The van der Waals surface area contributed by atoms with Crippen molar-refractivity contribution in [3.05, 3.63) is 71.9 Å². The summed E-state index contributed by atoms with van der Waals surface area (Å²) in [4.78, 5) is 12.2. The van der Waals surface area contributed by atoms with Crippen molar-refractivity contribution in [3.63, 3.8) is 0 Å². The van der Waals surface area contributed by atoms with Crippen LogP contribution < -0.4 is 5.32 Å². The zero-order valence-corrected chi connectivity index (χ0v) is 13.1. The van der Waals surface area contributed by atoms with Crippen molar-refractivity contribution >= 4 is 16.8 Å². The molecule has 3 aromatic rings. The Balaban J connectivity index is 1.63. The van der Waals surface area contributed by atoms with Gasteiger partial charge in [-0.3, -0.25) is 4.79 Å². The van der Waals surface area contributed by atoms with Crippen LogP contribution in [0.5, 0.6) is 0 Å². The lowest BCUT2D eigenvalue weighted by atomic mass is 10.1. The third-order valence-electron chi connectivity index (χ3n) is 4.01. The van der Waals surface area contributed by atoms with E-state index in [0.29, 0.717) is 6.42 Å². The first-order valence-corrected chi connectivity index (χ1v) is 7.68. The molecule has 1 unspecified atom stereocenters. The molecule has 1 aromatic heterocycles. The summed E-state index contributed by atoms with van der Waals surface area (Å²) < 4.78 is 2.02. The molecule has 2 N–H and O–H groups in total. The van der Waals surface area contributed by atoms with E-state index in [1.54, 1.807) is 0 Å². The van der Waals surface area contributed by atoms with Gasteiger partial charge >= 0.3 is 0 Å². The first-order valence-electron chi connectivity index (χ1n) is 7.68. The monoisotopic (exact) mass is 308 g/mol. The Morgan fingerprint density at radius 2 is 1.83 bits per heavy atom. The lowest BCUT2D eigenvalue weighted by Gasteiger charge is -2.12. The highest BCUT2D eigenvalue weighted by Gasteiger charge is 2.12. The Kier molecular flexibility index (Phi) is 4.44. The summed E-state index contributed by atoms with van der Waals surface area (Å²) in [6, 6.07) is 17.4. The van der Waals surface area contributed by atoms with Gasteiger partial charge in [-0.1, -0.05) is 48.5 Å². The molecule has 4 heteroatoms. The Labute approximate surface area is 135 Å². The van der Waals surface area contributed by atoms with Crippen LogP contribution in [-0.2, 0) is 18.3 Å². The average Bonchev–Trinajstić information content (AvgIpc) is 2.90. The van der Waals surface area contributed by atoms with Gasteiger partial charge in [0.15, 0.2) is 0 Å². The first kappa shape index (κ1) is 15.3. The molecule has 0 saturated carbocycles. The number of carbonyl (C=O) groups excluding carboxylic acids is 1. The molecule has 0 aliphatic rings. The molecule has 118 valence electrons. The maximum absolute atomic E-state index is 12.2. The smallest absolute Gasteiger partial charge is 0.224 e. The predicted octanol–water partition coefficient (Wildman–Crippen LogP) is 2.57. The second-order valence-electron chi connectivity index (χ2n) is 5.69. The molecule has 0 bridgehead atoms. The molecule has 4 nitrogen and oxygen atoms in total. The lowest BCUT2D eigenvalue weighted by molar-refractivity contribution is -0.120. The van der Waals surface area contributed by atoms with Crippen molar-refractivity contribution in [3.8, 4) is 0 Å². The number of aliphatic hydroxyl groups is 1. The Morgan fingerprint density at radius 3 is 2.61 bits per heavy atom. The number of benzene rings is 2. The molecule has 2 aromatic carbocycles. The summed E-state index contributed by atoms with van der Waals surface area (Å²) in [5, 5.41) is 14.0. The van der Waals surface area contributed by atoms with Crippen molar-refractivity contribution < 1.29 is 9.90 Å². The quantitative estimate of drug-likeness (QED) is 0.761. The van der Waals surface area contributed by atoms with Gasteiger partial charge in [-0.15, -0.1) is 0 Å². The van der Waals surface area contributed by atoms with E-state index < -0.39 is 6.10 Å². The van der Waals surface area contributed by atoms with E-state index in [2.05, 4.69) is 5.32 Å². The molecule has 0 saturated heterocycles. The molecular formula is C19H20N2O2. The van der Waals surface area contributed by atoms with Crippen LogP contribution in [0.3, 0.4) is 0 Å². The van der Waals surface area contributed by atoms with Gasteiger partial charge in [-0.25, -0.2) is 0 Å². The minimum atomic E-state index is -0.687. The highest BCUT2D eigenvalue weighted by atomic mass is 16.3. The van der Waals surface area contributed by atoms with Crippen molar-refractivity contribution in [1.82, 2.24) is 9.88 Å². The number of rotatable bonds is 5. The maximum Gasteiger partial charge on any atom is 0.224 e. The van der Waals surface area contributed by atoms with Gasteiger partial charge in [0, 0.05) is 30.7 Å². The fourth-order valence-electron chi connectivity index (χ4n) is 2.81. The van der Waals surface area contributed by atoms with E-state index in [9.17, 15) is 9.90 Å². The molecule has 0 aliphatic heterocycles. The zero-order valence-electron chi connectivity index (χ0n) is 13.1. The second-order valence-corrected chi connectivity index (χ2v) is 5.69. The number of nitrogens with zero attached hydrogens (tertiary/aromatic N) is 1. The topological polar surface area (TPSA) is 54.3 Å². The van der Waals surface area contributed by atoms with Gasteiger partial charge in [0.2, 0.25) is 5.91 Å². The number of aryl methyl sites for hydroxylation is 1. The Hall–Kier alpha value is -2.59. The number of hydrogen-bond donors (Lipinski definition) is 2.